The van der Waals surface area contributed by atoms with Gasteiger partial charge in [0.05, 0.1) is 25.2 Å². The third-order valence-electron chi connectivity index (χ3n) is 2.45. The fraction of sp³-hybridized carbons (Fsp3) is 0.600. The van der Waals surface area contributed by atoms with E-state index in [1.54, 1.807) is 0 Å². The highest BCUT2D eigenvalue weighted by Gasteiger charge is 2.06. The molecule has 0 amide bonds. The molecule has 0 saturated heterocycles. The Morgan fingerprint density at radius 2 is 1.89 bits per heavy atom. The molecule has 1 rings (SSSR count). The summed E-state index contributed by atoms with van der Waals surface area (Å²) in [5, 5.41) is 0. The molecule has 0 saturated carbocycles. The van der Waals surface area contributed by atoms with Crippen molar-refractivity contribution in [1.82, 2.24) is 0 Å². The van der Waals surface area contributed by atoms with Crippen LogP contribution in [0.3, 0.4) is 0 Å². The van der Waals surface area contributed by atoms with Gasteiger partial charge in [-0.25, -0.2) is 0 Å². The normalized spacial score (nSPS) is 10.8. The van der Waals surface area contributed by atoms with Crippen LogP contribution in [0.1, 0.15) is 32.8 Å². The van der Waals surface area contributed by atoms with Gasteiger partial charge in [-0.15, -0.1) is 11.6 Å². The topological polar surface area (TPSA) is 27.7 Å². The molecule has 0 aliphatic heterocycles. The van der Waals surface area contributed by atoms with Crippen LogP contribution in [0.5, 0.6) is 11.5 Å². The van der Waals surface area contributed by atoms with E-state index in [2.05, 4.69) is 6.92 Å². The third kappa shape index (κ3) is 6.17. The summed E-state index contributed by atoms with van der Waals surface area (Å²) in [7, 11) is 0. The summed E-state index contributed by atoms with van der Waals surface area (Å²) in [5.41, 5.74) is 0.968. The number of alkyl halides is 1. The quantitative estimate of drug-likeness (QED) is 0.507. The second kappa shape index (κ2) is 9.05. The van der Waals surface area contributed by atoms with E-state index < -0.39 is 0 Å². The average Bonchev–Trinajstić information content (AvgIpc) is 2.41. The molecule has 0 spiro atoms. The highest BCUT2D eigenvalue weighted by molar-refractivity contribution is 6.17. The van der Waals surface area contributed by atoms with Gasteiger partial charge in [0.25, 0.3) is 0 Å². The largest absolute Gasteiger partial charge is 0.493 e. The van der Waals surface area contributed by atoms with Gasteiger partial charge in [-0.2, -0.15) is 0 Å². The molecule has 0 aliphatic carbocycles. The van der Waals surface area contributed by atoms with Crippen LogP contribution in [0.4, 0.5) is 0 Å². The Bertz CT molecular complexity index is 366. The average molecular weight is 287 g/mol. The first-order valence-corrected chi connectivity index (χ1v) is 7.27. The Balaban J connectivity index is 2.57. The molecular formula is C15H23ClO3. The van der Waals surface area contributed by atoms with Crippen molar-refractivity contribution in [3.05, 3.63) is 23.8 Å². The predicted molar refractivity (Wildman–Crippen MR) is 78.4 cm³/mol. The molecule has 0 N–H and O–H groups in total. The van der Waals surface area contributed by atoms with E-state index in [1.165, 1.54) is 0 Å². The molecule has 0 aromatic heterocycles. The van der Waals surface area contributed by atoms with Gasteiger partial charge in [-0.3, -0.25) is 0 Å². The SMILES string of the molecule is CCCOc1ccc(CCl)c(OCCOC(C)C)c1. The molecule has 0 atom stereocenters. The lowest BCUT2D eigenvalue weighted by molar-refractivity contribution is 0.0550. The minimum atomic E-state index is 0.218. The summed E-state index contributed by atoms with van der Waals surface area (Å²) >= 11 is 5.90. The van der Waals surface area contributed by atoms with Crippen LogP contribution in [-0.4, -0.2) is 25.9 Å². The van der Waals surface area contributed by atoms with Crippen molar-refractivity contribution >= 4 is 11.6 Å². The minimum Gasteiger partial charge on any atom is -0.493 e. The van der Waals surface area contributed by atoms with E-state index in [4.69, 9.17) is 25.8 Å². The molecular weight excluding hydrogens is 264 g/mol. The molecule has 108 valence electrons. The van der Waals surface area contributed by atoms with Crippen molar-refractivity contribution in [2.75, 3.05) is 19.8 Å². The van der Waals surface area contributed by atoms with Gasteiger partial charge in [-0.1, -0.05) is 13.0 Å². The van der Waals surface area contributed by atoms with Gasteiger partial charge in [0, 0.05) is 11.6 Å². The number of rotatable bonds is 9. The number of benzene rings is 1. The lowest BCUT2D eigenvalue weighted by atomic mass is 10.2. The van der Waals surface area contributed by atoms with Gasteiger partial charge in [0.1, 0.15) is 18.1 Å². The zero-order chi connectivity index (χ0) is 14.1. The van der Waals surface area contributed by atoms with E-state index in [0.29, 0.717) is 25.7 Å². The Kier molecular flexibility index (Phi) is 7.68. The highest BCUT2D eigenvalue weighted by atomic mass is 35.5. The fourth-order valence-corrected chi connectivity index (χ4v) is 1.75. The first kappa shape index (κ1) is 16.1. The maximum Gasteiger partial charge on any atom is 0.127 e. The predicted octanol–water partition coefficient (Wildman–Crippen LogP) is 4.02. The summed E-state index contributed by atoms with van der Waals surface area (Å²) in [6.45, 7) is 7.87. The van der Waals surface area contributed by atoms with Crippen molar-refractivity contribution in [1.29, 1.82) is 0 Å². The van der Waals surface area contributed by atoms with E-state index in [1.807, 2.05) is 32.0 Å². The van der Waals surface area contributed by atoms with Crippen LogP contribution < -0.4 is 9.47 Å². The monoisotopic (exact) mass is 286 g/mol. The summed E-state index contributed by atoms with van der Waals surface area (Å²) in [6, 6.07) is 5.75. The van der Waals surface area contributed by atoms with E-state index in [9.17, 15) is 0 Å². The summed E-state index contributed by atoms with van der Waals surface area (Å²) in [6.07, 6.45) is 1.20. The van der Waals surface area contributed by atoms with Crippen LogP contribution in [0.2, 0.25) is 0 Å². The van der Waals surface area contributed by atoms with Gasteiger partial charge >= 0.3 is 0 Å². The number of halogens is 1. The van der Waals surface area contributed by atoms with Crippen molar-refractivity contribution in [2.45, 2.75) is 39.2 Å². The minimum absolute atomic E-state index is 0.218. The second-order valence-corrected chi connectivity index (χ2v) is 4.79. The maximum absolute atomic E-state index is 5.90. The van der Waals surface area contributed by atoms with Crippen molar-refractivity contribution in [3.8, 4) is 11.5 Å². The molecule has 0 radical (unpaired) electrons. The lowest BCUT2D eigenvalue weighted by Gasteiger charge is -2.13. The molecule has 0 aliphatic rings. The maximum atomic E-state index is 5.90. The Morgan fingerprint density at radius 1 is 1.11 bits per heavy atom. The first-order chi connectivity index (χ1) is 9.17. The van der Waals surface area contributed by atoms with E-state index in [-0.39, 0.29) is 6.10 Å². The Hall–Kier alpha value is -0.930. The Labute approximate surface area is 120 Å². The molecule has 0 fully saturated rings. The molecule has 1 aromatic carbocycles. The van der Waals surface area contributed by atoms with Gasteiger partial charge in [0.2, 0.25) is 0 Å². The highest BCUT2D eigenvalue weighted by Crippen LogP contribution is 2.26. The summed E-state index contributed by atoms with van der Waals surface area (Å²) < 4.78 is 16.7. The molecule has 19 heavy (non-hydrogen) atoms. The molecule has 0 unspecified atom stereocenters. The van der Waals surface area contributed by atoms with E-state index >= 15 is 0 Å². The first-order valence-electron chi connectivity index (χ1n) is 6.73. The van der Waals surface area contributed by atoms with Crippen molar-refractivity contribution in [3.63, 3.8) is 0 Å². The zero-order valence-electron chi connectivity index (χ0n) is 11.9. The fourth-order valence-electron chi connectivity index (χ4n) is 1.52. The van der Waals surface area contributed by atoms with Gasteiger partial charge in [0.15, 0.2) is 0 Å². The van der Waals surface area contributed by atoms with Gasteiger partial charge < -0.3 is 14.2 Å². The molecule has 1 aromatic rings. The summed E-state index contributed by atoms with van der Waals surface area (Å²) in [4.78, 5) is 0. The zero-order valence-corrected chi connectivity index (χ0v) is 12.7. The standard InChI is InChI=1S/C15H23ClO3/c1-4-7-18-14-6-5-13(11-16)15(10-14)19-9-8-17-12(2)3/h5-6,10,12H,4,7-9,11H2,1-3H3. The molecule has 0 bridgehead atoms. The smallest absolute Gasteiger partial charge is 0.127 e. The van der Waals surface area contributed by atoms with Gasteiger partial charge in [-0.05, 0) is 26.3 Å². The van der Waals surface area contributed by atoms with Crippen LogP contribution >= 0.6 is 11.6 Å². The molecule has 3 nitrogen and oxygen atoms in total. The van der Waals surface area contributed by atoms with Crippen LogP contribution in [0.25, 0.3) is 0 Å². The number of hydrogen-bond acceptors (Lipinski definition) is 3. The van der Waals surface area contributed by atoms with E-state index in [0.717, 1.165) is 23.5 Å². The number of ether oxygens (including phenoxy) is 3. The van der Waals surface area contributed by atoms with Crippen molar-refractivity contribution < 1.29 is 14.2 Å². The number of hydrogen-bond donors (Lipinski definition) is 0. The lowest BCUT2D eigenvalue weighted by Crippen LogP contribution is -2.12. The van der Waals surface area contributed by atoms with Crippen LogP contribution in [-0.2, 0) is 10.6 Å². The van der Waals surface area contributed by atoms with Crippen LogP contribution in [0, 0.1) is 0 Å². The molecule has 4 heteroatoms. The van der Waals surface area contributed by atoms with Crippen molar-refractivity contribution in [2.24, 2.45) is 0 Å². The Morgan fingerprint density at radius 3 is 2.53 bits per heavy atom. The molecule has 0 heterocycles. The third-order valence-corrected chi connectivity index (χ3v) is 2.74. The van der Waals surface area contributed by atoms with Crippen LogP contribution in [0.15, 0.2) is 18.2 Å². The second-order valence-electron chi connectivity index (χ2n) is 4.52. The summed E-state index contributed by atoms with van der Waals surface area (Å²) in [5.74, 6) is 2.01.